The maximum Gasteiger partial charge on any atom is 0.263 e. The maximum absolute atomic E-state index is 12.5. The van der Waals surface area contributed by atoms with Gasteiger partial charge in [-0.15, -0.1) is 0 Å². The van der Waals surface area contributed by atoms with Crippen LogP contribution in [0.25, 0.3) is 0 Å². The first-order chi connectivity index (χ1) is 10.8. The van der Waals surface area contributed by atoms with Gasteiger partial charge < -0.3 is 5.32 Å². The van der Waals surface area contributed by atoms with Crippen LogP contribution in [0.2, 0.25) is 0 Å². The van der Waals surface area contributed by atoms with Crippen LogP contribution in [0.4, 0.5) is 0 Å². The molecular weight excluding hydrogens is 360 g/mol. The summed E-state index contributed by atoms with van der Waals surface area (Å²) >= 11 is 3.32. The Morgan fingerprint density at radius 3 is 2.30 bits per heavy atom. The van der Waals surface area contributed by atoms with Gasteiger partial charge in [0.05, 0.1) is 0 Å². The number of hydrogen-bond acceptors (Lipinski definition) is 4. The van der Waals surface area contributed by atoms with Gasteiger partial charge in [0, 0.05) is 24.1 Å². The first kappa shape index (κ1) is 19.0. The first-order valence-electron chi connectivity index (χ1n) is 7.23. The fourth-order valence-corrected chi connectivity index (χ4v) is 2.24. The highest BCUT2D eigenvalue weighted by Crippen LogP contribution is 2.12. The molecule has 0 bridgehead atoms. The summed E-state index contributed by atoms with van der Waals surface area (Å²) in [5.74, 6) is -0.423. The average Bonchev–Trinajstić information content (AvgIpc) is 2.52. The van der Waals surface area contributed by atoms with Gasteiger partial charge in [0.15, 0.2) is 6.19 Å². The summed E-state index contributed by atoms with van der Waals surface area (Å²) in [6.07, 6.45) is 2.36. The van der Waals surface area contributed by atoms with Crippen molar-refractivity contribution in [2.24, 2.45) is 5.92 Å². The lowest BCUT2D eigenvalue weighted by atomic mass is 10.0. The van der Waals surface area contributed by atoms with E-state index in [1.165, 1.54) is 19.1 Å². The van der Waals surface area contributed by atoms with Gasteiger partial charge in [-0.3, -0.25) is 9.59 Å². The number of carbonyl (C=O) groups excluding carboxylic acids is 2. The largest absolute Gasteiger partial charge is 0.340 e. The SMILES string of the molecule is CC(C)C[C@H](NC(=O)c1ccc(Br)cc1)C(=O)N(C)N(C)C#N. The minimum absolute atomic E-state index is 0.218. The molecule has 1 aromatic rings. The Kier molecular flexibility index (Phi) is 7.04. The lowest BCUT2D eigenvalue weighted by Gasteiger charge is -2.28. The molecular formula is C16H21BrN4O2. The highest BCUT2D eigenvalue weighted by Gasteiger charge is 2.27. The monoisotopic (exact) mass is 380 g/mol. The smallest absolute Gasteiger partial charge is 0.263 e. The van der Waals surface area contributed by atoms with E-state index in [4.69, 9.17) is 5.26 Å². The molecule has 1 atom stereocenters. The van der Waals surface area contributed by atoms with Gasteiger partial charge in [-0.25, -0.2) is 10.0 Å². The van der Waals surface area contributed by atoms with E-state index in [1.54, 1.807) is 24.3 Å². The van der Waals surface area contributed by atoms with Gasteiger partial charge in [0.1, 0.15) is 6.04 Å². The summed E-state index contributed by atoms with van der Waals surface area (Å²) in [5.41, 5.74) is 0.478. The van der Waals surface area contributed by atoms with Gasteiger partial charge in [-0.2, -0.15) is 5.26 Å². The molecule has 6 nitrogen and oxygen atoms in total. The summed E-state index contributed by atoms with van der Waals surface area (Å²) in [4.78, 5) is 24.8. The number of rotatable bonds is 6. The molecule has 0 fully saturated rings. The summed E-state index contributed by atoms with van der Waals surface area (Å²) in [7, 11) is 2.99. The zero-order valence-electron chi connectivity index (χ0n) is 13.7. The van der Waals surface area contributed by atoms with Crippen molar-refractivity contribution in [2.45, 2.75) is 26.3 Å². The third-order valence-corrected chi connectivity index (χ3v) is 3.86. The number of nitrogens with zero attached hydrogens (tertiary/aromatic N) is 3. The van der Waals surface area contributed by atoms with Crippen molar-refractivity contribution in [2.75, 3.05) is 14.1 Å². The fraction of sp³-hybridized carbons (Fsp3) is 0.438. The zero-order chi connectivity index (χ0) is 17.6. The van der Waals surface area contributed by atoms with Crippen molar-refractivity contribution in [3.8, 4) is 6.19 Å². The summed E-state index contributed by atoms with van der Waals surface area (Å²) in [6, 6.07) is 6.21. The average molecular weight is 381 g/mol. The molecule has 2 amide bonds. The van der Waals surface area contributed by atoms with E-state index in [9.17, 15) is 9.59 Å². The summed E-state index contributed by atoms with van der Waals surface area (Å²) in [6.45, 7) is 3.94. The maximum atomic E-state index is 12.5. The van der Waals surface area contributed by atoms with Crippen molar-refractivity contribution < 1.29 is 9.59 Å². The molecule has 0 radical (unpaired) electrons. The van der Waals surface area contributed by atoms with Crippen molar-refractivity contribution >= 4 is 27.7 Å². The minimum Gasteiger partial charge on any atom is -0.340 e. The zero-order valence-corrected chi connectivity index (χ0v) is 15.3. The van der Waals surface area contributed by atoms with Crippen LogP contribution in [0.15, 0.2) is 28.7 Å². The molecule has 0 unspecified atom stereocenters. The van der Waals surface area contributed by atoms with Crippen molar-refractivity contribution in [3.05, 3.63) is 34.3 Å². The van der Waals surface area contributed by atoms with Gasteiger partial charge in [-0.05, 0) is 36.6 Å². The Bertz CT molecular complexity index is 595. The molecule has 7 heteroatoms. The number of amides is 2. The molecule has 0 aliphatic carbocycles. The molecule has 1 rings (SSSR count). The molecule has 0 saturated heterocycles. The first-order valence-corrected chi connectivity index (χ1v) is 8.03. The molecule has 0 aromatic heterocycles. The van der Waals surface area contributed by atoms with E-state index >= 15 is 0 Å². The fourth-order valence-electron chi connectivity index (χ4n) is 1.98. The van der Waals surface area contributed by atoms with E-state index in [2.05, 4.69) is 21.2 Å². The highest BCUT2D eigenvalue weighted by atomic mass is 79.9. The Labute approximate surface area is 145 Å². The quantitative estimate of drug-likeness (QED) is 0.466. The van der Waals surface area contributed by atoms with E-state index in [0.717, 1.165) is 9.48 Å². The molecule has 0 aliphatic heterocycles. The molecule has 1 aromatic carbocycles. The van der Waals surface area contributed by atoms with E-state index in [0.29, 0.717) is 12.0 Å². The van der Waals surface area contributed by atoms with Crippen LogP contribution in [0.5, 0.6) is 0 Å². The molecule has 0 aliphatic rings. The van der Waals surface area contributed by atoms with Crippen LogP contribution < -0.4 is 5.32 Å². The number of hydrogen-bond donors (Lipinski definition) is 1. The number of halogens is 1. The predicted molar refractivity (Wildman–Crippen MR) is 91.0 cm³/mol. The third kappa shape index (κ3) is 5.57. The second-order valence-electron chi connectivity index (χ2n) is 5.65. The van der Waals surface area contributed by atoms with E-state index < -0.39 is 6.04 Å². The Balaban J connectivity index is 2.90. The topological polar surface area (TPSA) is 76.4 Å². The van der Waals surface area contributed by atoms with Crippen molar-refractivity contribution in [1.29, 1.82) is 5.26 Å². The van der Waals surface area contributed by atoms with Crippen LogP contribution in [-0.2, 0) is 4.79 Å². The molecule has 0 spiro atoms. The highest BCUT2D eigenvalue weighted by molar-refractivity contribution is 9.10. The molecule has 0 saturated carbocycles. The molecule has 124 valence electrons. The normalized spacial score (nSPS) is 11.5. The van der Waals surface area contributed by atoms with Crippen LogP contribution in [0.1, 0.15) is 30.6 Å². The predicted octanol–water partition coefficient (Wildman–Crippen LogP) is 2.38. The lowest BCUT2D eigenvalue weighted by molar-refractivity contribution is -0.142. The summed E-state index contributed by atoms with van der Waals surface area (Å²) < 4.78 is 0.874. The van der Waals surface area contributed by atoms with Crippen LogP contribution in [0.3, 0.4) is 0 Å². The van der Waals surface area contributed by atoms with Gasteiger partial charge in [0.2, 0.25) is 0 Å². The van der Waals surface area contributed by atoms with E-state index in [-0.39, 0.29) is 17.7 Å². The van der Waals surface area contributed by atoms with Gasteiger partial charge in [-0.1, -0.05) is 29.8 Å². The minimum atomic E-state index is -0.688. The Hall–Kier alpha value is -2.07. The number of nitriles is 1. The second-order valence-corrected chi connectivity index (χ2v) is 6.56. The Morgan fingerprint density at radius 2 is 1.83 bits per heavy atom. The molecule has 1 N–H and O–H groups in total. The number of hydrazine groups is 1. The van der Waals surface area contributed by atoms with Crippen molar-refractivity contribution in [3.63, 3.8) is 0 Å². The number of carbonyl (C=O) groups is 2. The van der Waals surface area contributed by atoms with E-state index in [1.807, 2.05) is 20.0 Å². The number of nitrogens with one attached hydrogen (secondary N) is 1. The third-order valence-electron chi connectivity index (χ3n) is 3.33. The standard InChI is InChI=1S/C16H21BrN4O2/c1-11(2)9-14(16(23)21(4)20(3)10-18)19-15(22)12-5-7-13(17)8-6-12/h5-8,11,14H,9H2,1-4H3,(H,19,22)/t14-/m0/s1. The van der Waals surface area contributed by atoms with Gasteiger partial charge >= 0.3 is 0 Å². The van der Waals surface area contributed by atoms with Crippen LogP contribution in [0, 0.1) is 17.4 Å². The number of benzene rings is 1. The van der Waals surface area contributed by atoms with Gasteiger partial charge in [0.25, 0.3) is 11.8 Å². The lowest BCUT2D eigenvalue weighted by Crippen LogP contribution is -2.51. The molecule has 23 heavy (non-hydrogen) atoms. The summed E-state index contributed by atoms with van der Waals surface area (Å²) in [5, 5.41) is 14.0. The van der Waals surface area contributed by atoms with Crippen LogP contribution >= 0.6 is 15.9 Å². The molecule has 0 heterocycles. The van der Waals surface area contributed by atoms with Crippen LogP contribution in [-0.4, -0.2) is 42.0 Å². The Morgan fingerprint density at radius 1 is 1.26 bits per heavy atom. The number of likely N-dealkylation sites (N-methyl/N-ethyl adjacent to an activating group) is 1. The van der Waals surface area contributed by atoms with Crippen molar-refractivity contribution in [1.82, 2.24) is 15.3 Å². The second kappa shape index (κ2) is 8.53.